The molecule has 0 saturated carbocycles. The molecule has 0 aliphatic carbocycles. The predicted octanol–water partition coefficient (Wildman–Crippen LogP) is 2.87. The second-order valence-electron chi connectivity index (χ2n) is 3.21. The monoisotopic (exact) mass is 250 g/mol. The van der Waals surface area contributed by atoms with Crippen molar-refractivity contribution in [3.8, 4) is 5.75 Å². The van der Waals surface area contributed by atoms with Crippen LogP contribution < -0.4 is 0 Å². The van der Waals surface area contributed by atoms with Crippen LogP contribution in [0.3, 0.4) is 0 Å². The van der Waals surface area contributed by atoms with Gasteiger partial charge in [0.15, 0.2) is 0 Å². The van der Waals surface area contributed by atoms with Gasteiger partial charge in [0.05, 0.1) is 12.3 Å². The lowest BCUT2D eigenvalue weighted by Gasteiger charge is -2.16. The zero-order valence-electron chi connectivity index (χ0n) is 8.03. The highest BCUT2D eigenvalue weighted by atomic mass is 35.5. The molecule has 0 fully saturated rings. The molecule has 1 atom stereocenters. The molecule has 0 radical (unpaired) electrons. The topological polar surface area (TPSA) is 57.5 Å². The molecule has 0 heterocycles. The lowest BCUT2D eigenvalue weighted by molar-refractivity contribution is -0.138. The Kier molecular flexibility index (Phi) is 4.06. The molecule has 0 saturated heterocycles. The Morgan fingerprint density at radius 3 is 2.50 bits per heavy atom. The van der Waals surface area contributed by atoms with Crippen LogP contribution >= 0.6 is 11.6 Å². The maximum Gasteiger partial charge on any atom is 0.304 e. The summed E-state index contributed by atoms with van der Waals surface area (Å²) in [6.07, 6.45) is -3.68. The van der Waals surface area contributed by atoms with Gasteiger partial charge in [0.1, 0.15) is 5.75 Å². The minimum Gasteiger partial charge on any atom is -0.508 e. The number of carboxylic acid groups (broad SMARTS) is 1. The standard InChI is InChI=1S/C10H9ClF2O3/c11-6-2-1-3-7(14)9(6)5(10(12)13)4-8(15)16/h1-3,5,10,14H,4H2,(H,15,16). The molecule has 0 aliphatic heterocycles. The number of aromatic hydroxyl groups is 1. The van der Waals surface area contributed by atoms with E-state index in [9.17, 15) is 18.7 Å². The number of carbonyl (C=O) groups is 1. The van der Waals surface area contributed by atoms with Crippen LogP contribution in [0.4, 0.5) is 8.78 Å². The Bertz CT molecular complexity index is 375. The number of hydrogen-bond acceptors (Lipinski definition) is 2. The summed E-state index contributed by atoms with van der Waals surface area (Å²) in [4.78, 5) is 10.5. The second-order valence-corrected chi connectivity index (χ2v) is 3.62. The Morgan fingerprint density at radius 2 is 2.06 bits per heavy atom. The molecule has 16 heavy (non-hydrogen) atoms. The lowest BCUT2D eigenvalue weighted by Crippen LogP contribution is -2.14. The van der Waals surface area contributed by atoms with Crippen molar-refractivity contribution < 1.29 is 23.8 Å². The van der Waals surface area contributed by atoms with Crippen LogP contribution in [0.5, 0.6) is 5.75 Å². The van der Waals surface area contributed by atoms with Crippen molar-refractivity contribution in [1.82, 2.24) is 0 Å². The van der Waals surface area contributed by atoms with E-state index in [-0.39, 0.29) is 10.6 Å². The molecule has 88 valence electrons. The first-order valence-corrected chi connectivity index (χ1v) is 4.78. The minimum absolute atomic E-state index is 0.0634. The normalized spacial score (nSPS) is 12.8. The van der Waals surface area contributed by atoms with Crippen molar-refractivity contribution in [3.05, 3.63) is 28.8 Å². The highest BCUT2D eigenvalue weighted by molar-refractivity contribution is 6.31. The Morgan fingerprint density at radius 1 is 1.44 bits per heavy atom. The molecule has 2 N–H and O–H groups in total. The van der Waals surface area contributed by atoms with Crippen molar-refractivity contribution >= 4 is 17.6 Å². The predicted molar refractivity (Wildman–Crippen MR) is 54.1 cm³/mol. The molecule has 0 amide bonds. The van der Waals surface area contributed by atoms with E-state index in [0.29, 0.717) is 0 Å². The van der Waals surface area contributed by atoms with E-state index >= 15 is 0 Å². The van der Waals surface area contributed by atoms with Crippen LogP contribution in [0.1, 0.15) is 17.9 Å². The van der Waals surface area contributed by atoms with Gasteiger partial charge in [0.25, 0.3) is 0 Å². The Labute approximate surface area is 95.3 Å². The second kappa shape index (κ2) is 5.12. The molecule has 1 unspecified atom stereocenters. The Hall–Kier alpha value is -1.36. The number of benzene rings is 1. The van der Waals surface area contributed by atoms with Gasteiger partial charge in [0.2, 0.25) is 6.43 Å². The summed E-state index contributed by atoms with van der Waals surface area (Å²) >= 11 is 5.67. The number of hydrogen-bond donors (Lipinski definition) is 2. The van der Waals surface area contributed by atoms with Crippen LogP contribution in [0.15, 0.2) is 18.2 Å². The van der Waals surface area contributed by atoms with Gasteiger partial charge >= 0.3 is 5.97 Å². The van der Waals surface area contributed by atoms with Crippen molar-refractivity contribution in [2.75, 3.05) is 0 Å². The van der Waals surface area contributed by atoms with Crippen LogP contribution in [0, 0.1) is 0 Å². The molecular formula is C10H9ClF2O3. The number of phenolic OH excluding ortho intramolecular Hbond substituents is 1. The molecule has 1 rings (SSSR count). The molecule has 0 aliphatic rings. The molecule has 1 aromatic carbocycles. The molecular weight excluding hydrogens is 242 g/mol. The van der Waals surface area contributed by atoms with Gasteiger partial charge in [-0.2, -0.15) is 0 Å². The summed E-state index contributed by atoms with van der Waals surface area (Å²) in [7, 11) is 0. The molecule has 6 heteroatoms. The largest absolute Gasteiger partial charge is 0.508 e. The molecule has 0 spiro atoms. The van der Waals surface area contributed by atoms with Gasteiger partial charge in [0, 0.05) is 10.6 Å². The van der Waals surface area contributed by atoms with Gasteiger partial charge in [-0.1, -0.05) is 17.7 Å². The number of aliphatic carboxylic acids is 1. The third-order valence-electron chi connectivity index (χ3n) is 2.10. The third-order valence-corrected chi connectivity index (χ3v) is 2.43. The minimum atomic E-state index is -2.90. The molecule has 0 aromatic heterocycles. The summed E-state index contributed by atoms with van der Waals surface area (Å²) in [6, 6.07) is 3.91. The number of alkyl halides is 2. The average Bonchev–Trinajstić information content (AvgIpc) is 2.15. The van der Waals surface area contributed by atoms with E-state index in [1.807, 2.05) is 0 Å². The quantitative estimate of drug-likeness (QED) is 0.864. The summed E-state index contributed by atoms with van der Waals surface area (Å²) < 4.78 is 25.3. The van der Waals surface area contributed by atoms with Crippen molar-refractivity contribution in [3.63, 3.8) is 0 Å². The first-order valence-electron chi connectivity index (χ1n) is 4.40. The fraction of sp³-hybridized carbons (Fsp3) is 0.300. The number of rotatable bonds is 4. The van der Waals surface area contributed by atoms with Gasteiger partial charge in [-0.15, -0.1) is 0 Å². The molecule has 1 aromatic rings. The lowest BCUT2D eigenvalue weighted by atomic mass is 9.95. The van der Waals surface area contributed by atoms with Crippen molar-refractivity contribution in [1.29, 1.82) is 0 Å². The van der Waals surface area contributed by atoms with Crippen molar-refractivity contribution in [2.45, 2.75) is 18.8 Å². The molecule has 0 bridgehead atoms. The van der Waals surface area contributed by atoms with E-state index in [0.717, 1.165) is 0 Å². The van der Waals surface area contributed by atoms with Crippen molar-refractivity contribution in [2.24, 2.45) is 0 Å². The van der Waals surface area contributed by atoms with Crippen LogP contribution in [0.2, 0.25) is 5.02 Å². The summed E-state index contributed by atoms with van der Waals surface area (Å²) in [5.74, 6) is -3.39. The van der Waals surface area contributed by atoms with Gasteiger partial charge in [-0.25, -0.2) is 8.78 Å². The zero-order valence-corrected chi connectivity index (χ0v) is 8.79. The SMILES string of the molecule is O=C(O)CC(c1c(O)cccc1Cl)C(F)F. The average molecular weight is 251 g/mol. The summed E-state index contributed by atoms with van der Waals surface area (Å²) in [5.41, 5.74) is -0.221. The first kappa shape index (κ1) is 12.7. The first-order chi connectivity index (χ1) is 7.43. The van der Waals surface area contributed by atoms with Crippen LogP contribution in [-0.4, -0.2) is 22.6 Å². The van der Waals surface area contributed by atoms with E-state index in [1.54, 1.807) is 0 Å². The summed E-state index contributed by atoms with van der Waals surface area (Å²) in [6.45, 7) is 0. The van der Waals surface area contributed by atoms with Gasteiger partial charge in [-0.05, 0) is 12.1 Å². The maximum absolute atomic E-state index is 12.7. The van der Waals surface area contributed by atoms with E-state index in [2.05, 4.69) is 0 Å². The highest BCUT2D eigenvalue weighted by Gasteiger charge is 2.29. The fourth-order valence-electron chi connectivity index (χ4n) is 1.40. The maximum atomic E-state index is 12.7. The van der Waals surface area contributed by atoms with E-state index in [4.69, 9.17) is 16.7 Å². The van der Waals surface area contributed by atoms with Crippen LogP contribution in [0.25, 0.3) is 0 Å². The molecule has 3 nitrogen and oxygen atoms in total. The van der Waals surface area contributed by atoms with Gasteiger partial charge in [-0.3, -0.25) is 4.79 Å². The summed E-state index contributed by atoms with van der Waals surface area (Å²) in [5, 5.41) is 17.9. The number of carboxylic acids is 1. The van der Waals surface area contributed by atoms with Gasteiger partial charge < -0.3 is 10.2 Å². The van der Waals surface area contributed by atoms with E-state index < -0.39 is 30.5 Å². The third kappa shape index (κ3) is 2.82. The smallest absolute Gasteiger partial charge is 0.304 e. The zero-order chi connectivity index (χ0) is 12.3. The van der Waals surface area contributed by atoms with Crippen LogP contribution in [-0.2, 0) is 4.79 Å². The number of phenols is 1. The fourth-order valence-corrected chi connectivity index (χ4v) is 1.71. The highest BCUT2D eigenvalue weighted by Crippen LogP contribution is 2.37. The number of halogens is 3. The van der Waals surface area contributed by atoms with E-state index in [1.165, 1.54) is 18.2 Å². The Balaban J connectivity index is 3.15.